The van der Waals surface area contributed by atoms with Crippen molar-refractivity contribution in [3.63, 3.8) is 0 Å². The van der Waals surface area contributed by atoms with Crippen molar-refractivity contribution < 1.29 is 14.3 Å². The fourth-order valence-electron chi connectivity index (χ4n) is 4.29. The van der Waals surface area contributed by atoms with Gasteiger partial charge in [-0.25, -0.2) is 4.68 Å². The van der Waals surface area contributed by atoms with E-state index >= 15 is 0 Å². The summed E-state index contributed by atoms with van der Waals surface area (Å²) in [4.78, 5) is 17.9. The zero-order valence-electron chi connectivity index (χ0n) is 20.7. The van der Waals surface area contributed by atoms with Gasteiger partial charge in [0.15, 0.2) is 11.5 Å². The molecule has 3 aromatic carbocycles. The van der Waals surface area contributed by atoms with Gasteiger partial charge in [-0.05, 0) is 65.2 Å². The molecule has 5 rings (SSSR count). The molecule has 0 saturated carbocycles. The maximum absolute atomic E-state index is 13.5. The van der Waals surface area contributed by atoms with E-state index in [1.807, 2.05) is 61.5 Å². The minimum Gasteiger partial charge on any atom is -0.493 e. The third kappa shape index (κ3) is 5.08. The summed E-state index contributed by atoms with van der Waals surface area (Å²) < 4.78 is 14.3. The Hall–Kier alpha value is -4.11. The van der Waals surface area contributed by atoms with Gasteiger partial charge in [0.1, 0.15) is 19.0 Å². The van der Waals surface area contributed by atoms with Crippen LogP contribution in [0.2, 0.25) is 0 Å². The maximum Gasteiger partial charge on any atom is 0.255 e. The summed E-state index contributed by atoms with van der Waals surface area (Å²) in [5.74, 6) is 1.43. The standard InChI is InChI=1S/C28H26BrN5O3/c1-17-9-11-19(12-10-17)15-37-26-22(29)13-20(14-23(26)36-3)25-24(18(2)32-28-30-16-31-34(25)28)27(35)33-21-7-5-4-6-8-21/h4-14,16,25H,15H2,1-3H3,(H,33,35)(H,30,31,32). The molecule has 188 valence electrons. The third-order valence-electron chi connectivity index (χ3n) is 6.14. The van der Waals surface area contributed by atoms with Crippen molar-refractivity contribution in [2.75, 3.05) is 17.7 Å². The van der Waals surface area contributed by atoms with Crippen LogP contribution in [0.4, 0.5) is 11.6 Å². The Morgan fingerprint density at radius 1 is 1.11 bits per heavy atom. The molecule has 4 aromatic rings. The number of carbonyl (C=O) groups is 1. The zero-order valence-corrected chi connectivity index (χ0v) is 22.2. The van der Waals surface area contributed by atoms with Crippen LogP contribution in [-0.2, 0) is 11.4 Å². The molecule has 0 aliphatic carbocycles. The second kappa shape index (κ2) is 10.5. The van der Waals surface area contributed by atoms with Crippen LogP contribution in [0.5, 0.6) is 11.5 Å². The van der Waals surface area contributed by atoms with Crippen molar-refractivity contribution >= 4 is 33.5 Å². The fourth-order valence-corrected chi connectivity index (χ4v) is 4.86. The van der Waals surface area contributed by atoms with Gasteiger partial charge in [0.2, 0.25) is 5.95 Å². The van der Waals surface area contributed by atoms with E-state index < -0.39 is 6.04 Å². The molecule has 1 amide bonds. The molecule has 1 aliphatic rings. The Bertz CT molecular complexity index is 1470. The number of halogens is 1. The van der Waals surface area contributed by atoms with E-state index in [1.54, 1.807) is 11.8 Å². The largest absolute Gasteiger partial charge is 0.493 e. The lowest BCUT2D eigenvalue weighted by Gasteiger charge is -2.29. The minimum atomic E-state index is -0.543. The molecule has 8 nitrogen and oxygen atoms in total. The second-order valence-corrected chi connectivity index (χ2v) is 9.58. The number of nitrogens with one attached hydrogen (secondary N) is 2. The van der Waals surface area contributed by atoms with Gasteiger partial charge in [0, 0.05) is 11.4 Å². The summed E-state index contributed by atoms with van der Waals surface area (Å²) in [6.45, 7) is 4.30. The number of fused-ring (bicyclic) bond motifs is 1. The van der Waals surface area contributed by atoms with Gasteiger partial charge < -0.3 is 20.1 Å². The van der Waals surface area contributed by atoms with Crippen LogP contribution in [0.3, 0.4) is 0 Å². The van der Waals surface area contributed by atoms with Gasteiger partial charge in [-0.2, -0.15) is 10.1 Å². The molecule has 0 radical (unpaired) electrons. The van der Waals surface area contributed by atoms with E-state index in [9.17, 15) is 4.79 Å². The summed E-state index contributed by atoms with van der Waals surface area (Å²) in [6.07, 6.45) is 1.46. The molecule has 2 heterocycles. The van der Waals surface area contributed by atoms with Gasteiger partial charge in [0.25, 0.3) is 5.91 Å². The average molecular weight is 560 g/mol. The zero-order chi connectivity index (χ0) is 25.9. The highest BCUT2D eigenvalue weighted by Gasteiger charge is 2.34. The Morgan fingerprint density at radius 2 is 1.86 bits per heavy atom. The van der Waals surface area contributed by atoms with Crippen LogP contribution in [0.1, 0.15) is 29.7 Å². The van der Waals surface area contributed by atoms with Crippen molar-refractivity contribution in [1.82, 2.24) is 14.8 Å². The van der Waals surface area contributed by atoms with Crippen LogP contribution in [0, 0.1) is 6.92 Å². The van der Waals surface area contributed by atoms with Gasteiger partial charge in [0.05, 0.1) is 17.2 Å². The van der Waals surface area contributed by atoms with Crippen molar-refractivity contribution in [3.05, 3.63) is 105 Å². The molecule has 2 N–H and O–H groups in total. The van der Waals surface area contributed by atoms with Gasteiger partial charge in [-0.3, -0.25) is 4.79 Å². The molecular weight excluding hydrogens is 534 g/mol. The lowest BCUT2D eigenvalue weighted by Crippen LogP contribution is -2.31. The number of amides is 1. The third-order valence-corrected chi connectivity index (χ3v) is 6.73. The highest BCUT2D eigenvalue weighted by Crippen LogP contribution is 2.43. The van der Waals surface area contributed by atoms with Gasteiger partial charge >= 0.3 is 0 Å². The topological polar surface area (TPSA) is 90.3 Å². The van der Waals surface area contributed by atoms with Crippen LogP contribution in [0.15, 0.2) is 88.8 Å². The number of hydrogen-bond acceptors (Lipinski definition) is 6. The van der Waals surface area contributed by atoms with E-state index in [0.717, 1.165) is 11.1 Å². The number of aryl methyl sites for hydroxylation is 1. The predicted molar refractivity (Wildman–Crippen MR) is 146 cm³/mol. The highest BCUT2D eigenvalue weighted by molar-refractivity contribution is 9.10. The van der Waals surface area contributed by atoms with Crippen molar-refractivity contribution in [2.24, 2.45) is 0 Å². The molecule has 9 heteroatoms. The lowest BCUT2D eigenvalue weighted by atomic mass is 9.94. The first-order valence-corrected chi connectivity index (χ1v) is 12.5. The van der Waals surface area contributed by atoms with Gasteiger partial charge in [-0.15, -0.1) is 0 Å². The molecule has 1 aromatic heterocycles. The summed E-state index contributed by atoms with van der Waals surface area (Å²) in [5.41, 5.74) is 4.94. The molecule has 0 saturated heterocycles. The van der Waals surface area contributed by atoms with Gasteiger partial charge in [-0.1, -0.05) is 48.0 Å². The number of ether oxygens (including phenoxy) is 2. The summed E-state index contributed by atoms with van der Waals surface area (Å²) >= 11 is 3.66. The minimum absolute atomic E-state index is 0.239. The van der Waals surface area contributed by atoms with Crippen LogP contribution < -0.4 is 20.1 Å². The number of methoxy groups -OCH3 is 1. The number of allylic oxidation sites excluding steroid dienone is 1. The predicted octanol–water partition coefficient (Wildman–Crippen LogP) is 5.86. The van der Waals surface area contributed by atoms with Crippen molar-refractivity contribution in [2.45, 2.75) is 26.5 Å². The Morgan fingerprint density at radius 3 is 2.59 bits per heavy atom. The number of hydrogen-bond donors (Lipinski definition) is 2. The summed E-state index contributed by atoms with van der Waals surface area (Å²) in [6, 6.07) is 20.8. The molecule has 1 unspecified atom stereocenters. The number of para-hydroxylation sites is 1. The van der Waals surface area contributed by atoms with E-state index in [0.29, 0.717) is 45.5 Å². The Labute approximate surface area is 223 Å². The molecule has 0 fully saturated rings. The van der Waals surface area contributed by atoms with E-state index in [-0.39, 0.29) is 5.91 Å². The number of rotatable bonds is 7. The number of aromatic nitrogens is 3. The Balaban J connectivity index is 1.51. The second-order valence-electron chi connectivity index (χ2n) is 8.72. The van der Waals surface area contributed by atoms with Crippen molar-refractivity contribution in [3.8, 4) is 11.5 Å². The summed E-state index contributed by atoms with van der Waals surface area (Å²) in [7, 11) is 1.59. The molecule has 1 atom stereocenters. The molecule has 37 heavy (non-hydrogen) atoms. The average Bonchev–Trinajstić information content (AvgIpc) is 3.36. The number of benzene rings is 3. The first-order chi connectivity index (χ1) is 17.9. The first kappa shape index (κ1) is 24.6. The maximum atomic E-state index is 13.5. The van der Waals surface area contributed by atoms with Crippen molar-refractivity contribution in [1.29, 1.82) is 0 Å². The SMILES string of the molecule is COc1cc(C2C(C(=O)Nc3ccccc3)=C(C)Nc3ncnn32)cc(Br)c1OCc1ccc(C)cc1. The molecule has 1 aliphatic heterocycles. The molecule has 0 spiro atoms. The first-order valence-electron chi connectivity index (χ1n) is 11.7. The molecular formula is C28H26BrN5O3. The van der Waals surface area contributed by atoms with Crippen LogP contribution >= 0.6 is 15.9 Å². The van der Waals surface area contributed by atoms with Crippen LogP contribution in [0.25, 0.3) is 0 Å². The normalized spacial score (nSPS) is 14.5. The lowest BCUT2D eigenvalue weighted by molar-refractivity contribution is -0.113. The number of anilines is 2. The Kier molecular flexibility index (Phi) is 6.96. The van der Waals surface area contributed by atoms with E-state index in [2.05, 4.69) is 55.7 Å². The highest BCUT2D eigenvalue weighted by atomic mass is 79.9. The quantitative estimate of drug-likeness (QED) is 0.294. The smallest absolute Gasteiger partial charge is 0.255 e. The van der Waals surface area contributed by atoms with Crippen LogP contribution in [-0.4, -0.2) is 27.8 Å². The van der Waals surface area contributed by atoms with E-state index in [4.69, 9.17) is 9.47 Å². The number of nitrogens with zero attached hydrogens (tertiary/aromatic N) is 3. The summed E-state index contributed by atoms with van der Waals surface area (Å²) in [5, 5.41) is 10.6. The van der Waals surface area contributed by atoms with E-state index in [1.165, 1.54) is 11.9 Å². The number of carbonyl (C=O) groups excluding carboxylic acids is 1. The fraction of sp³-hybridized carbons (Fsp3) is 0.179. The molecule has 0 bridgehead atoms. The monoisotopic (exact) mass is 559 g/mol.